The number of aromatic nitrogens is 3. The average Bonchev–Trinajstić information content (AvgIpc) is 2.96. The zero-order valence-electron chi connectivity index (χ0n) is 11.7. The van der Waals surface area contributed by atoms with Gasteiger partial charge < -0.3 is 10.6 Å². The van der Waals surface area contributed by atoms with E-state index in [2.05, 4.69) is 32.7 Å². The third-order valence-corrected chi connectivity index (χ3v) is 2.87. The molecule has 0 radical (unpaired) electrons. The molecular weight excluding hydrogens is 254 g/mol. The van der Waals surface area contributed by atoms with Crippen LogP contribution in [0.1, 0.15) is 35.1 Å². The van der Waals surface area contributed by atoms with E-state index in [4.69, 9.17) is 0 Å². The zero-order valence-corrected chi connectivity index (χ0v) is 11.7. The third-order valence-electron chi connectivity index (χ3n) is 2.87. The minimum absolute atomic E-state index is 0.122. The second-order valence-corrected chi connectivity index (χ2v) is 4.59. The first-order valence-electron chi connectivity index (χ1n) is 6.67. The minimum Gasteiger partial charge on any atom is -0.384 e. The first kappa shape index (κ1) is 14.0. The maximum atomic E-state index is 12.3. The van der Waals surface area contributed by atoms with Gasteiger partial charge in [0.25, 0.3) is 5.91 Å². The lowest BCUT2D eigenvalue weighted by molar-refractivity contribution is 0.0950. The highest BCUT2D eigenvalue weighted by Crippen LogP contribution is 2.17. The van der Waals surface area contributed by atoms with Gasteiger partial charge in [-0.3, -0.25) is 9.89 Å². The fraction of sp³-hybridized carbons (Fsp3) is 0.357. The Labute approximate surface area is 118 Å². The molecule has 1 aromatic carbocycles. The Kier molecular flexibility index (Phi) is 4.70. The highest BCUT2D eigenvalue weighted by Gasteiger charge is 2.11. The van der Waals surface area contributed by atoms with Crippen molar-refractivity contribution in [1.29, 1.82) is 0 Å². The lowest BCUT2D eigenvalue weighted by Gasteiger charge is -2.12. The molecule has 1 heterocycles. The summed E-state index contributed by atoms with van der Waals surface area (Å²) in [5, 5.41) is 12.6. The standard InChI is InChI=1S/C14H19N5O/c1-3-6-15-12-5-4-10(2)7-11(12)14(20)16-8-13-17-9-18-19-13/h4-5,7,9,15H,3,6,8H2,1-2H3,(H,16,20)(H,17,18,19). The number of benzene rings is 1. The zero-order chi connectivity index (χ0) is 14.4. The van der Waals surface area contributed by atoms with Gasteiger partial charge >= 0.3 is 0 Å². The van der Waals surface area contributed by atoms with Gasteiger partial charge in [-0.15, -0.1) is 0 Å². The molecule has 0 bridgehead atoms. The van der Waals surface area contributed by atoms with Crippen molar-refractivity contribution in [2.24, 2.45) is 0 Å². The van der Waals surface area contributed by atoms with Crippen molar-refractivity contribution in [2.45, 2.75) is 26.8 Å². The highest BCUT2D eigenvalue weighted by molar-refractivity contribution is 5.99. The van der Waals surface area contributed by atoms with Gasteiger partial charge in [0.05, 0.1) is 12.1 Å². The number of hydrogen-bond acceptors (Lipinski definition) is 4. The molecule has 0 fully saturated rings. The van der Waals surface area contributed by atoms with Crippen molar-refractivity contribution < 1.29 is 4.79 Å². The van der Waals surface area contributed by atoms with Crippen molar-refractivity contribution >= 4 is 11.6 Å². The smallest absolute Gasteiger partial charge is 0.253 e. The number of nitrogens with zero attached hydrogens (tertiary/aromatic N) is 2. The van der Waals surface area contributed by atoms with Crippen LogP contribution >= 0.6 is 0 Å². The summed E-state index contributed by atoms with van der Waals surface area (Å²) >= 11 is 0. The first-order valence-corrected chi connectivity index (χ1v) is 6.67. The molecule has 106 valence electrons. The number of amides is 1. The summed E-state index contributed by atoms with van der Waals surface area (Å²) in [7, 11) is 0. The molecule has 0 aliphatic rings. The van der Waals surface area contributed by atoms with E-state index in [9.17, 15) is 4.79 Å². The number of nitrogens with one attached hydrogen (secondary N) is 3. The topological polar surface area (TPSA) is 82.7 Å². The summed E-state index contributed by atoms with van der Waals surface area (Å²) in [6.45, 7) is 5.23. The molecule has 2 aromatic rings. The van der Waals surface area contributed by atoms with Crippen LogP contribution in [0.4, 0.5) is 5.69 Å². The van der Waals surface area contributed by atoms with E-state index in [1.54, 1.807) is 0 Å². The summed E-state index contributed by atoms with van der Waals surface area (Å²) in [4.78, 5) is 16.2. The lowest BCUT2D eigenvalue weighted by atomic mass is 10.1. The van der Waals surface area contributed by atoms with Crippen LogP contribution < -0.4 is 10.6 Å². The van der Waals surface area contributed by atoms with Gasteiger partial charge in [0.15, 0.2) is 0 Å². The van der Waals surface area contributed by atoms with Crippen molar-refractivity contribution in [3.05, 3.63) is 41.5 Å². The molecule has 2 rings (SSSR count). The second-order valence-electron chi connectivity index (χ2n) is 4.59. The van der Waals surface area contributed by atoms with Gasteiger partial charge in [0.2, 0.25) is 0 Å². The van der Waals surface area contributed by atoms with Crippen LogP contribution in [-0.4, -0.2) is 27.6 Å². The van der Waals surface area contributed by atoms with Crippen LogP contribution in [-0.2, 0) is 6.54 Å². The largest absolute Gasteiger partial charge is 0.384 e. The summed E-state index contributed by atoms with van der Waals surface area (Å²) in [6, 6.07) is 5.81. The Morgan fingerprint density at radius 2 is 2.25 bits per heavy atom. The monoisotopic (exact) mass is 273 g/mol. The maximum absolute atomic E-state index is 12.3. The summed E-state index contributed by atoms with van der Waals surface area (Å²) in [5.41, 5.74) is 2.56. The second kappa shape index (κ2) is 6.70. The number of hydrogen-bond donors (Lipinski definition) is 3. The Bertz CT molecular complexity index is 565. The van der Waals surface area contributed by atoms with Gasteiger partial charge in [-0.1, -0.05) is 18.6 Å². The fourth-order valence-corrected chi connectivity index (χ4v) is 1.83. The van der Waals surface area contributed by atoms with Crippen LogP contribution in [0.3, 0.4) is 0 Å². The molecule has 6 nitrogen and oxygen atoms in total. The van der Waals surface area contributed by atoms with Crippen LogP contribution in [0.15, 0.2) is 24.5 Å². The fourth-order valence-electron chi connectivity index (χ4n) is 1.83. The Morgan fingerprint density at radius 3 is 2.95 bits per heavy atom. The third kappa shape index (κ3) is 3.57. The lowest BCUT2D eigenvalue weighted by Crippen LogP contribution is -2.24. The van der Waals surface area contributed by atoms with E-state index < -0.39 is 0 Å². The molecule has 0 saturated heterocycles. The SMILES string of the molecule is CCCNc1ccc(C)cc1C(=O)NCc1ncn[nH]1. The van der Waals surface area contributed by atoms with E-state index in [-0.39, 0.29) is 5.91 Å². The van der Waals surface area contributed by atoms with Crippen LogP contribution in [0.2, 0.25) is 0 Å². The molecule has 20 heavy (non-hydrogen) atoms. The molecule has 0 unspecified atom stereocenters. The average molecular weight is 273 g/mol. The summed E-state index contributed by atoms with van der Waals surface area (Å²) < 4.78 is 0. The first-order chi connectivity index (χ1) is 9.70. The van der Waals surface area contributed by atoms with E-state index in [0.717, 1.165) is 24.2 Å². The van der Waals surface area contributed by atoms with Gasteiger partial charge in [-0.2, -0.15) is 5.10 Å². The van der Waals surface area contributed by atoms with Gasteiger partial charge in [-0.25, -0.2) is 4.98 Å². The molecule has 0 saturated carbocycles. The Balaban J connectivity index is 2.08. The van der Waals surface area contributed by atoms with E-state index in [1.165, 1.54) is 6.33 Å². The van der Waals surface area contributed by atoms with Gasteiger partial charge in [0, 0.05) is 12.2 Å². The molecule has 0 atom stereocenters. The number of carbonyl (C=O) groups excluding carboxylic acids is 1. The van der Waals surface area contributed by atoms with E-state index in [1.807, 2.05) is 25.1 Å². The van der Waals surface area contributed by atoms with Crippen LogP contribution in [0.5, 0.6) is 0 Å². The quantitative estimate of drug-likeness (QED) is 0.750. The Hall–Kier alpha value is -2.37. The van der Waals surface area contributed by atoms with Crippen molar-refractivity contribution in [2.75, 3.05) is 11.9 Å². The van der Waals surface area contributed by atoms with Crippen LogP contribution in [0.25, 0.3) is 0 Å². The number of carbonyl (C=O) groups is 1. The molecule has 6 heteroatoms. The molecule has 0 aliphatic heterocycles. The molecule has 0 spiro atoms. The molecule has 3 N–H and O–H groups in total. The number of aromatic amines is 1. The molecule has 0 aliphatic carbocycles. The summed E-state index contributed by atoms with van der Waals surface area (Å²) in [5.74, 6) is 0.512. The highest BCUT2D eigenvalue weighted by atomic mass is 16.1. The Morgan fingerprint density at radius 1 is 1.40 bits per heavy atom. The minimum atomic E-state index is -0.122. The summed E-state index contributed by atoms with van der Waals surface area (Å²) in [6.07, 6.45) is 2.43. The number of anilines is 1. The van der Waals surface area contributed by atoms with Crippen molar-refractivity contribution in [3.8, 4) is 0 Å². The van der Waals surface area contributed by atoms with E-state index >= 15 is 0 Å². The number of rotatable bonds is 6. The molecule has 1 amide bonds. The van der Waals surface area contributed by atoms with Gasteiger partial charge in [-0.05, 0) is 25.5 Å². The normalized spacial score (nSPS) is 10.3. The van der Waals surface area contributed by atoms with Crippen molar-refractivity contribution in [3.63, 3.8) is 0 Å². The van der Waals surface area contributed by atoms with Crippen molar-refractivity contribution in [1.82, 2.24) is 20.5 Å². The van der Waals surface area contributed by atoms with E-state index in [0.29, 0.717) is 17.9 Å². The number of aryl methyl sites for hydroxylation is 1. The predicted octanol–water partition coefficient (Wildman–Crippen LogP) is 1.87. The molecular formula is C14H19N5O. The molecule has 1 aromatic heterocycles. The predicted molar refractivity (Wildman–Crippen MR) is 77.5 cm³/mol. The van der Waals surface area contributed by atoms with Crippen LogP contribution in [0, 0.1) is 6.92 Å². The van der Waals surface area contributed by atoms with Gasteiger partial charge in [0.1, 0.15) is 12.2 Å². The number of H-pyrrole nitrogens is 1. The maximum Gasteiger partial charge on any atom is 0.253 e.